The summed E-state index contributed by atoms with van der Waals surface area (Å²) in [6, 6.07) is 2.24. The molecule has 1 rings (SSSR count). The summed E-state index contributed by atoms with van der Waals surface area (Å²) >= 11 is 4.59. The van der Waals surface area contributed by atoms with E-state index in [1.165, 1.54) is 0 Å². The van der Waals surface area contributed by atoms with Crippen molar-refractivity contribution in [3.63, 3.8) is 0 Å². The third-order valence-corrected chi connectivity index (χ3v) is 4.21. The average Bonchev–Trinajstić information content (AvgIpc) is 1.99. The van der Waals surface area contributed by atoms with E-state index in [1.807, 2.05) is 0 Å². The Kier molecular flexibility index (Phi) is 3.95. The Morgan fingerprint density at radius 3 is 2.33 bits per heavy atom. The maximum atomic E-state index is 11.0. The molecule has 0 atom stereocenters. The van der Waals surface area contributed by atoms with Crippen molar-refractivity contribution in [1.82, 2.24) is 0 Å². The van der Waals surface area contributed by atoms with Crippen LogP contribution in [0.1, 0.15) is 0 Å². The van der Waals surface area contributed by atoms with E-state index >= 15 is 0 Å². The molecule has 82 valence electrons. The van der Waals surface area contributed by atoms with Crippen LogP contribution < -0.4 is 0 Å². The number of hydrogen-bond acceptors (Lipinski definition) is 4. The van der Waals surface area contributed by atoms with Crippen molar-refractivity contribution in [2.24, 2.45) is 0 Å². The molecule has 0 N–H and O–H groups in total. The molecule has 1 aromatic carbocycles. The highest BCUT2D eigenvalue weighted by atomic mass is 127. The molecule has 0 fully saturated rings. The number of nitrogens with zero attached hydrogens (tertiary/aromatic N) is 1. The van der Waals surface area contributed by atoms with E-state index in [0.717, 1.165) is 12.1 Å². The zero-order valence-electron chi connectivity index (χ0n) is 6.78. The monoisotopic (exact) mass is 425 g/mol. The van der Waals surface area contributed by atoms with Crippen LogP contribution in [0.3, 0.4) is 0 Å². The molecule has 1 aromatic rings. The molecule has 0 heterocycles. The highest BCUT2D eigenvalue weighted by molar-refractivity contribution is 14.1. The van der Waals surface area contributed by atoms with E-state index in [1.54, 1.807) is 22.6 Å². The quantitative estimate of drug-likeness (QED) is 0.315. The van der Waals surface area contributed by atoms with Crippen LogP contribution in [0.15, 0.2) is 21.5 Å². The van der Waals surface area contributed by atoms with E-state index in [-0.39, 0.29) is 18.6 Å². The summed E-state index contributed by atoms with van der Waals surface area (Å²) in [6.07, 6.45) is 0. The van der Waals surface area contributed by atoms with Crippen LogP contribution in [-0.2, 0) is 9.05 Å². The standard InChI is InChI=1S/C6H2BrClINO4S/c7-4-1-3(15(8,13)14)2-5(9)6(4)10(11)12/h1-2H. The van der Waals surface area contributed by atoms with Crippen LogP contribution in [0.5, 0.6) is 0 Å². The molecule has 0 unspecified atom stereocenters. The number of hydrogen-bond donors (Lipinski definition) is 0. The Balaban J connectivity index is 3.52. The molecule has 5 nitrogen and oxygen atoms in total. The molecular weight excluding hydrogens is 424 g/mol. The number of nitro groups is 1. The molecule has 0 radical (unpaired) electrons. The topological polar surface area (TPSA) is 77.3 Å². The average molecular weight is 426 g/mol. The predicted molar refractivity (Wildman–Crippen MR) is 66.6 cm³/mol. The SMILES string of the molecule is O=[N+]([O-])c1c(Br)cc(S(=O)(=O)Cl)cc1I. The van der Waals surface area contributed by atoms with E-state index in [0.29, 0.717) is 0 Å². The molecule has 0 aliphatic carbocycles. The highest BCUT2D eigenvalue weighted by Gasteiger charge is 2.21. The molecule has 0 aromatic heterocycles. The summed E-state index contributed by atoms with van der Waals surface area (Å²) in [7, 11) is 1.24. The van der Waals surface area contributed by atoms with Gasteiger partial charge in [-0.1, -0.05) is 0 Å². The van der Waals surface area contributed by atoms with E-state index in [2.05, 4.69) is 15.9 Å². The summed E-state index contributed by atoms with van der Waals surface area (Å²) < 4.78 is 22.3. The molecule has 0 bridgehead atoms. The van der Waals surface area contributed by atoms with Crippen molar-refractivity contribution in [1.29, 1.82) is 0 Å². The van der Waals surface area contributed by atoms with Crippen LogP contribution in [0.25, 0.3) is 0 Å². The second-order valence-corrected chi connectivity index (χ2v) is 7.01. The van der Waals surface area contributed by atoms with Gasteiger partial charge in [-0.25, -0.2) is 8.42 Å². The van der Waals surface area contributed by atoms with Gasteiger partial charge in [0.1, 0.15) is 0 Å². The molecule has 0 saturated carbocycles. The second kappa shape index (κ2) is 4.52. The summed E-state index contributed by atoms with van der Waals surface area (Å²) in [4.78, 5) is 9.82. The zero-order valence-corrected chi connectivity index (χ0v) is 12.1. The first-order valence-corrected chi connectivity index (χ1v) is 7.49. The lowest BCUT2D eigenvalue weighted by atomic mass is 10.3. The van der Waals surface area contributed by atoms with Gasteiger partial charge in [-0.3, -0.25) is 10.1 Å². The molecular formula is C6H2BrClINO4S. The zero-order chi connectivity index (χ0) is 11.8. The number of rotatable bonds is 2. The van der Waals surface area contributed by atoms with Crippen LogP contribution in [0, 0.1) is 13.7 Å². The van der Waals surface area contributed by atoms with Crippen molar-refractivity contribution in [2.45, 2.75) is 4.90 Å². The largest absolute Gasteiger partial charge is 0.296 e. The lowest BCUT2D eigenvalue weighted by Gasteiger charge is -2.01. The van der Waals surface area contributed by atoms with Gasteiger partial charge in [-0.2, -0.15) is 0 Å². The van der Waals surface area contributed by atoms with Crippen LogP contribution in [0.2, 0.25) is 0 Å². The Hall–Kier alpha value is 0.0700. The Morgan fingerprint density at radius 1 is 1.47 bits per heavy atom. The fourth-order valence-electron chi connectivity index (χ4n) is 0.857. The summed E-state index contributed by atoms with van der Waals surface area (Å²) in [5.74, 6) is 0. The Morgan fingerprint density at radius 2 is 2.00 bits per heavy atom. The molecule has 0 spiro atoms. The van der Waals surface area contributed by atoms with Gasteiger partial charge >= 0.3 is 0 Å². The van der Waals surface area contributed by atoms with Crippen molar-refractivity contribution >= 4 is 63.9 Å². The summed E-state index contributed by atoms with van der Waals surface area (Å²) in [6.45, 7) is 0. The number of benzene rings is 1. The fourth-order valence-corrected chi connectivity index (χ4v) is 3.80. The first-order valence-electron chi connectivity index (χ1n) is 3.31. The van der Waals surface area contributed by atoms with Gasteiger partial charge in [0, 0.05) is 10.7 Å². The minimum absolute atomic E-state index is 0.0821. The summed E-state index contributed by atoms with van der Waals surface area (Å²) in [5.41, 5.74) is -0.181. The van der Waals surface area contributed by atoms with Crippen LogP contribution in [0.4, 0.5) is 5.69 Å². The number of halogens is 3. The van der Waals surface area contributed by atoms with Crippen molar-refractivity contribution in [3.05, 3.63) is 30.3 Å². The third kappa shape index (κ3) is 3.02. The van der Waals surface area contributed by atoms with Gasteiger partial charge in [-0.15, -0.1) is 0 Å². The minimum atomic E-state index is -3.88. The highest BCUT2D eigenvalue weighted by Crippen LogP contribution is 2.33. The van der Waals surface area contributed by atoms with Crippen molar-refractivity contribution in [3.8, 4) is 0 Å². The molecule has 9 heteroatoms. The first-order chi connectivity index (χ1) is 6.73. The third-order valence-electron chi connectivity index (χ3n) is 1.45. The fraction of sp³-hybridized carbons (Fsp3) is 0. The lowest BCUT2D eigenvalue weighted by molar-refractivity contribution is -0.386. The van der Waals surface area contributed by atoms with E-state index in [4.69, 9.17) is 10.7 Å². The maximum absolute atomic E-state index is 11.0. The smallest absolute Gasteiger partial charge is 0.258 e. The van der Waals surface area contributed by atoms with E-state index in [9.17, 15) is 18.5 Å². The lowest BCUT2D eigenvalue weighted by Crippen LogP contribution is -1.97. The van der Waals surface area contributed by atoms with Crippen LogP contribution in [-0.4, -0.2) is 13.3 Å². The molecule has 15 heavy (non-hydrogen) atoms. The van der Waals surface area contributed by atoms with Gasteiger partial charge in [-0.05, 0) is 50.7 Å². The van der Waals surface area contributed by atoms with E-state index < -0.39 is 14.0 Å². The van der Waals surface area contributed by atoms with Gasteiger partial charge in [0.15, 0.2) is 0 Å². The molecule has 0 amide bonds. The molecule has 0 aliphatic rings. The first kappa shape index (κ1) is 13.1. The molecule has 0 saturated heterocycles. The minimum Gasteiger partial charge on any atom is -0.258 e. The Bertz CT molecular complexity index is 509. The van der Waals surface area contributed by atoms with Gasteiger partial charge in [0.05, 0.1) is 17.9 Å². The molecule has 0 aliphatic heterocycles. The van der Waals surface area contributed by atoms with Crippen molar-refractivity contribution < 1.29 is 13.3 Å². The van der Waals surface area contributed by atoms with Gasteiger partial charge in [0.25, 0.3) is 14.7 Å². The second-order valence-electron chi connectivity index (χ2n) is 2.43. The van der Waals surface area contributed by atoms with Crippen LogP contribution >= 0.6 is 49.2 Å². The normalized spacial score (nSPS) is 11.4. The Labute approximate surface area is 112 Å². The maximum Gasteiger partial charge on any atom is 0.296 e. The summed E-state index contributed by atoms with van der Waals surface area (Å²) in [5, 5.41) is 10.6. The predicted octanol–water partition coefficient (Wildman–Crippen LogP) is 2.89. The van der Waals surface area contributed by atoms with Gasteiger partial charge < -0.3 is 0 Å². The van der Waals surface area contributed by atoms with Gasteiger partial charge in [0.2, 0.25) is 0 Å². The van der Waals surface area contributed by atoms with Crippen molar-refractivity contribution in [2.75, 3.05) is 0 Å². The number of nitro benzene ring substituents is 1.